The van der Waals surface area contributed by atoms with Crippen LogP contribution >= 0.6 is 0 Å². The summed E-state index contributed by atoms with van der Waals surface area (Å²) in [5.41, 5.74) is 8.03. The summed E-state index contributed by atoms with van der Waals surface area (Å²) in [6, 6.07) is 4.11. The van der Waals surface area contributed by atoms with Gasteiger partial charge in [0.25, 0.3) is 0 Å². The average molecular weight is 216 g/mol. The van der Waals surface area contributed by atoms with Crippen LogP contribution in [-0.2, 0) is 6.54 Å². The van der Waals surface area contributed by atoms with E-state index in [0.29, 0.717) is 12.5 Å². The number of aromatic nitrogens is 2. The van der Waals surface area contributed by atoms with Crippen LogP contribution in [0.1, 0.15) is 23.7 Å². The molecule has 2 aromatic rings. The maximum Gasteiger partial charge on any atom is 0.117 e. The molecule has 3 N–H and O–H groups in total. The van der Waals surface area contributed by atoms with E-state index in [4.69, 9.17) is 5.73 Å². The summed E-state index contributed by atoms with van der Waals surface area (Å²) in [7, 11) is 0. The molecule has 0 spiro atoms. The quantitative estimate of drug-likeness (QED) is 0.783. The highest BCUT2D eigenvalue weighted by atomic mass is 15.0. The monoisotopic (exact) mass is 216 g/mol. The normalized spacial score (nSPS) is 20.7. The number of fused-ring (bicyclic) bond motifs is 1. The van der Waals surface area contributed by atoms with Crippen LogP contribution in [0.25, 0.3) is 5.52 Å². The van der Waals surface area contributed by atoms with E-state index >= 15 is 0 Å². The second-order valence-corrected chi connectivity index (χ2v) is 4.30. The first-order valence-corrected chi connectivity index (χ1v) is 5.76. The largest absolute Gasteiger partial charge is 0.326 e. The molecule has 3 heterocycles. The topological polar surface area (TPSA) is 55.4 Å². The third kappa shape index (κ3) is 1.42. The van der Waals surface area contributed by atoms with Crippen molar-refractivity contribution in [2.24, 2.45) is 5.73 Å². The van der Waals surface area contributed by atoms with Gasteiger partial charge in [-0.2, -0.15) is 0 Å². The summed E-state index contributed by atoms with van der Waals surface area (Å²) >= 11 is 0. The molecule has 0 aromatic carbocycles. The van der Waals surface area contributed by atoms with E-state index in [9.17, 15) is 0 Å². The number of imidazole rings is 1. The Morgan fingerprint density at radius 2 is 2.50 bits per heavy atom. The summed E-state index contributed by atoms with van der Waals surface area (Å²) in [5, 5.41) is 3.38. The Morgan fingerprint density at radius 1 is 1.56 bits per heavy atom. The van der Waals surface area contributed by atoms with E-state index in [1.807, 2.05) is 12.3 Å². The lowest BCUT2D eigenvalue weighted by atomic mass is 10.1. The van der Waals surface area contributed by atoms with Gasteiger partial charge in [0.1, 0.15) is 5.82 Å². The zero-order valence-corrected chi connectivity index (χ0v) is 9.19. The van der Waals surface area contributed by atoms with Crippen LogP contribution in [0.2, 0.25) is 0 Å². The van der Waals surface area contributed by atoms with Gasteiger partial charge in [0, 0.05) is 25.2 Å². The smallest absolute Gasteiger partial charge is 0.117 e. The molecule has 84 valence electrons. The molecule has 1 aliphatic heterocycles. The van der Waals surface area contributed by atoms with E-state index in [1.54, 1.807) is 0 Å². The van der Waals surface area contributed by atoms with Gasteiger partial charge in [0.2, 0.25) is 0 Å². The number of pyridine rings is 1. The Bertz CT molecular complexity index is 497. The van der Waals surface area contributed by atoms with Crippen LogP contribution in [0, 0.1) is 0 Å². The Hall–Kier alpha value is -1.39. The number of hydrogen-bond acceptors (Lipinski definition) is 3. The summed E-state index contributed by atoms with van der Waals surface area (Å²) in [6.45, 7) is 2.69. The third-order valence-corrected chi connectivity index (χ3v) is 3.33. The molecule has 2 aromatic heterocycles. The van der Waals surface area contributed by atoms with E-state index < -0.39 is 0 Å². The van der Waals surface area contributed by atoms with Crippen LogP contribution in [0.5, 0.6) is 0 Å². The molecule has 1 aliphatic rings. The van der Waals surface area contributed by atoms with Gasteiger partial charge < -0.3 is 15.5 Å². The van der Waals surface area contributed by atoms with E-state index in [-0.39, 0.29) is 0 Å². The second-order valence-electron chi connectivity index (χ2n) is 4.30. The molecular weight excluding hydrogens is 200 g/mol. The Balaban J connectivity index is 2.12. The molecule has 0 radical (unpaired) electrons. The second kappa shape index (κ2) is 3.88. The highest BCUT2D eigenvalue weighted by Gasteiger charge is 2.21. The van der Waals surface area contributed by atoms with Crippen LogP contribution in [0.3, 0.4) is 0 Å². The molecule has 4 heteroatoms. The molecule has 0 saturated carbocycles. The standard InChI is InChI=1S/C12H16N4/c13-6-9-2-1-5-16-11(9)8-15-12(16)10-3-4-14-7-10/h1-2,5,8,10,14H,3-4,6-7,13H2. The highest BCUT2D eigenvalue weighted by molar-refractivity contribution is 5.54. The molecule has 1 atom stereocenters. The maximum atomic E-state index is 5.73. The van der Waals surface area contributed by atoms with Crippen LogP contribution in [0.15, 0.2) is 24.5 Å². The van der Waals surface area contributed by atoms with Gasteiger partial charge in [-0.1, -0.05) is 6.07 Å². The first-order valence-electron chi connectivity index (χ1n) is 5.76. The summed E-state index contributed by atoms with van der Waals surface area (Å²) < 4.78 is 2.18. The van der Waals surface area contributed by atoms with E-state index in [1.165, 1.54) is 6.42 Å². The van der Waals surface area contributed by atoms with Gasteiger partial charge in [-0.15, -0.1) is 0 Å². The molecule has 1 saturated heterocycles. The van der Waals surface area contributed by atoms with Gasteiger partial charge in [-0.05, 0) is 24.6 Å². The van der Waals surface area contributed by atoms with Gasteiger partial charge in [0.15, 0.2) is 0 Å². The molecule has 16 heavy (non-hydrogen) atoms. The van der Waals surface area contributed by atoms with Gasteiger partial charge in [-0.25, -0.2) is 4.98 Å². The summed E-state index contributed by atoms with van der Waals surface area (Å²) in [5.74, 6) is 1.70. The molecular formula is C12H16N4. The van der Waals surface area contributed by atoms with Crippen molar-refractivity contribution in [2.75, 3.05) is 13.1 Å². The fourth-order valence-electron chi connectivity index (χ4n) is 2.45. The number of nitrogens with one attached hydrogen (secondary N) is 1. The lowest BCUT2D eigenvalue weighted by Gasteiger charge is -2.08. The Kier molecular flexibility index (Phi) is 2.38. The molecule has 1 fully saturated rings. The van der Waals surface area contributed by atoms with Crippen molar-refractivity contribution < 1.29 is 0 Å². The van der Waals surface area contributed by atoms with Crippen molar-refractivity contribution in [3.8, 4) is 0 Å². The number of nitrogens with zero attached hydrogens (tertiary/aromatic N) is 2. The predicted octanol–water partition coefficient (Wildman–Crippen LogP) is 0.870. The Labute approximate surface area is 94.5 Å². The van der Waals surface area contributed by atoms with Crippen LogP contribution < -0.4 is 11.1 Å². The zero-order chi connectivity index (χ0) is 11.0. The average Bonchev–Trinajstić information content (AvgIpc) is 2.96. The fraction of sp³-hybridized carbons (Fsp3) is 0.417. The van der Waals surface area contributed by atoms with Crippen LogP contribution in [-0.4, -0.2) is 22.5 Å². The SMILES string of the molecule is NCc1cccn2c(C3CCNC3)ncc12. The fourth-order valence-corrected chi connectivity index (χ4v) is 2.45. The first kappa shape index (κ1) is 9.81. The van der Waals surface area contributed by atoms with Crippen molar-refractivity contribution in [3.63, 3.8) is 0 Å². The van der Waals surface area contributed by atoms with Crippen molar-refractivity contribution >= 4 is 5.52 Å². The highest BCUT2D eigenvalue weighted by Crippen LogP contribution is 2.23. The van der Waals surface area contributed by atoms with Crippen LogP contribution in [0.4, 0.5) is 0 Å². The van der Waals surface area contributed by atoms with Crippen molar-refractivity contribution in [1.82, 2.24) is 14.7 Å². The summed E-state index contributed by atoms with van der Waals surface area (Å²) in [4.78, 5) is 4.55. The third-order valence-electron chi connectivity index (χ3n) is 3.33. The lowest BCUT2D eigenvalue weighted by molar-refractivity contribution is 0.698. The minimum atomic E-state index is 0.538. The number of rotatable bonds is 2. The zero-order valence-electron chi connectivity index (χ0n) is 9.19. The molecule has 1 unspecified atom stereocenters. The number of hydrogen-bond donors (Lipinski definition) is 2. The number of nitrogens with two attached hydrogens (primary N) is 1. The van der Waals surface area contributed by atoms with Crippen molar-refractivity contribution in [1.29, 1.82) is 0 Å². The molecule has 3 rings (SSSR count). The summed E-state index contributed by atoms with van der Waals surface area (Å²) in [6.07, 6.45) is 5.19. The molecule has 0 bridgehead atoms. The lowest BCUT2D eigenvalue weighted by Crippen LogP contribution is -2.10. The van der Waals surface area contributed by atoms with Crippen molar-refractivity contribution in [3.05, 3.63) is 35.9 Å². The minimum absolute atomic E-state index is 0.538. The molecule has 0 amide bonds. The molecule has 4 nitrogen and oxygen atoms in total. The van der Waals surface area contributed by atoms with E-state index in [2.05, 4.69) is 27.0 Å². The maximum absolute atomic E-state index is 5.73. The van der Waals surface area contributed by atoms with Gasteiger partial charge in [-0.3, -0.25) is 0 Å². The van der Waals surface area contributed by atoms with E-state index in [0.717, 1.165) is 30.0 Å². The van der Waals surface area contributed by atoms with Gasteiger partial charge >= 0.3 is 0 Å². The van der Waals surface area contributed by atoms with Gasteiger partial charge in [0.05, 0.1) is 11.7 Å². The first-order chi connectivity index (χ1) is 7.90. The Morgan fingerprint density at radius 3 is 3.25 bits per heavy atom. The predicted molar refractivity (Wildman–Crippen MR) is 63.3 cm³/mol. The minimum Gasteiger partial charge on any atom is -0.326 e. The molecule has 0 aliphatic carbocycles. The van der Waals surface area contributed by atoms with Crippen molar-refractivity contribution in [2.45, 2.75) is 18.9 Å².